The van der Waals surface area contributed by atoms with Crippen molar-refractivity contribution >= 4 is 63.7 Å². The molecule has 0 aliphatic rings. The Bertz CT molecular complexity index is 854. The van der Waals surface area contributed by atoms with Crippen LogP contribution in [0.1, 0.15) is 21.5 Å². The molecule has 1 atom stereocenters. The summed E-state index contributed by atoms with van der Waals surface area (Å²) in [5, 5.41) is 8.68. The Labute approximate surface area is 184 Å². The molecule has 0 saturated carbocycles. The van der Waals surface area contributed by atoms with Crippen LogP contribution in [-0.2, 0) is 0 Å². The molecule has 3 N–H and O–H groups in total. The summed E-state index contributed by atoms with van der Waals surface area (Å²) in [5.74, 6) is 0.201. The van der Waals surface area contributed by atoms with Crippen molar-refractivity contribution < 1.29 is 9.53 Å². The fourth-order valence-corrected chi connectivity index (χ4v) is 2.84. The van der Waals surface area contributed by atoms with Gasteiger partial charge in [0.05, 0.1) is 7.11 Å². The second-order valence-electron chi connectivity index (χ2n) is 6.07. The van der Waals surface area contributed by atoms with Gasteiger partial charge >= 0.3 is 0 Å². The minimum Gasteiger partial charge on any atom is -0.497 e. The lowest BCUT2D eigenvalue weighted by atomic mass is 10.1. The number of amides is 1. The SMILES string of the molecule is COc1ccc(C(=O)NC(NC(=S)Nc2ccc(C)c(C)c2)C(Cl)(Cl)Cl)cc1. The fraction of sp³-hybridized carbons (Fsp3) is 0.263. The van der Waals surface area contributed by atoms with Crippen molar-refractivity contribution in [3.63, 3.8) is 0 Å². The normalized spacial score (nSPS) is 12.1. The predicted octanol–water partition coefficient (Wildman–Crippen LogP) is 4.72. The summed E-state index contributed by atoms with van der Waals surface area (Å²) in [4.78, 5) is 12.5. The number of benzene rings is 2. The smallest absolute Gasteiger partial charge is 0.252 e. The molecule has 1 amide bonds. The number of halogens is 3. The lowest BCUT2D eigenvalue weighted by molar-refractivity contribution is 0.0934. The van der Waals surface area contributed by atoms with Gasteiger partial charge in [0, 0.05) is 11.3 Å². The summed E-state index contributed by atoms with van der Waals surface area (Å²) in [5.41, 5.74) is 3.44. The van der Waals surface area contributed by atoms with Crippen molar-refractivity contribution in [2.75, 3.05) is 12.4 Å². The summed E-state index contributed by atoms with van der Waals surface area (Å²) in [6.07, 6.45) is -1.06. The molecule has 1 unspecified atom stereocenters. The average Bonchev–Trinajstić information content (AvgIpc) is 2.63. The van der Waals surface area contributed by atoms with Gasteiger partial charge in [-0.15, -0.1) is 0 Å². The van der Waals surface area contributed by atoms with Crippen molar-refractivity contribution in [1.29, 1.82) is 0 Å². The van der Waals surface area contributed by atoms with E-state index in [9.17, 15) is 4.79 Å². The number of ether oxygens (including phenoxy) is 1. The van der Waals surface area contributed by atoms with Gasteiger partial charge in [0.15, 0.2) is 5.11 Å². The third-order valence-electron chi connectivity index (χ3n) is 4.00. The van der Waals surface area contributed by atoms with E-state index in [-0.39, 0.29) is 5.11 Å². The van der Waals surface area contributed by atoms with E-state index in [4.69, 9.17) is 51.8 Å². The van der Waals surface area contributed by atoms with Gasteiger partial charge < -0.3 is 20.7 Å². The van der Waals surface area contributed by atoms with E-state index in [1.165, 1.54) is 0 Å². The third kappa shape index (κ3) is 6.41. The lowest BCUT2D eigenvalue weighted by Crippen LogP contribution is -2.56. The molecular formula is C19H20Cl3N3O2S. The fourth-order valence-electron chi connectivity index (χ4n) is 2.27. The molecule has 0 fully saturated rings. The highest BCUT2D eigenvalue weighted by molar-refractivity contribution is 7.80. The van der Waals surface area contributed by atoms with Crippen LogP contribution in [0, 0.1) is 13.8 Å². The molecule has 2 aromatic rings. The summed E-state index contributed by atoms with van der Waals surface area (Å²) >= 11 is 23.3. The van der Waals surface area contributed by atoms with Gasteiger partial charge in [0.25, 0.3) is 5.91 Å². The van der Waals surface area contributed by atoms with E-state index >= 15 is 0 Å². The second-order valence-corrected chi connectivity index (χ2v) is 8.85. The van der Waals surface area contributed by atoms with Gasteiger partial charge in [-0.3, -0.25) is 4.79 Å². The van der Waals surface area contributed by atoms with Crippen LogP contribution in [0.25, 0.3) is 0 Å². The number of rotatable bonds is 5. The number of thiocarbonyl (C=S) groups is 1. The molecule has 0 radical (unpaired) electrons. The van der Waals surface area contributed by atoms with Crippen molar-refractivity contribution in [1.82, 2.24) is 10.6 Å². The summed E-state index contributed by atoms with van der Waals surface area (Å²) < 4.78 is 3.24. The number of hydrogen-bond donors (Lipinski definition) is 3. The highest BCUT2D eigenvalue weighted by Gasteiger charge is 2.34. The topological polar surface area (TPSA) is 62.4 Å². The van der Waals surface area contributed by atoms with Gasteiger partial charge in [-0.2, -0.15) is 0 Å². The van der Waals surface area contributed by atoms with Crippen molar-refractivity contribution in [3.8, 4) is 5.75 Å². The van der Waals surface area contributed by atoms with E-state index in [2.05, 4.69) is 16.0 Å². The van der Waals surface area contributed by atoms with Gasteiger partial charge in [-0.25, -0.2) is 0 Å². The Morgan fingerprint density at radius 2 is 1.68 bits per heavy atom. The largest absolute Gasteiger partial charge is 0.497 e. The Morgan fingerprint density at radius 3 is 2.21 bits per heavy atom. The Kier molecular flexibility index (Phi) is 7.78. The van der Waals surface area contributed by atoms with Gasteiger partial charge in [0.1, 0.15) is 11.9 Å². The number of methoxy groups -OCH3 is 1. The van der Waals surface area contributed by atoms with Crippen LogP contribution in [0.4, 0.5) is 5.69 Å². The molecule has 0 aliphatic carbocycles. The number of carbonyl (C=O) groups excluding carboxylic acids is 1. The van der Waals surface area contributed by atoms with Crippen LogP contribution in [0.5, 0.6) is 5.75 Å². The standard InChI is InChI=1S/C19H20Cl3N3O2S/c1-11-4-7-14(10-12(11)2)23-18(28)25-17(19(20,21)22)24-16(26)13-5-8-15(27-3)9-6-13/h4-10,17H,1-3H3,(H,24,26)(H2,23,25,28). The predicted molar refractivity (Wildman–Crippen MR) is 120 cm³/mol. The maximum absolute atomic E-state index is 12.5. The molecule has 28 heavy (non-hydrogen) atoms. The first kappa shape index (κ1) is 22.6. The number of carbonyl (C=O) groups is 1. The molecule has 5 nitrogen and oxygen atoms in total. The minimum absolute atomic E-state index is 0.203. The zero-order valence-electron chi connectivity index (χ0n) is 15.5. The van der Waals surface area contributed by atoms with Crippen LogP contribution in [0.3, 0.4) is 0 Å². The van der Waals surface area contributed by atoms with E-state index in [0.29, 0.717) is 11.3 Å². The molecule has 0 aliphatic heterocycles. The van der Waals surface area contributed by atoms with E-state index < -0.39 is 15.9 Å². The summed E-state index contributed by atoms with van der Waals surface area (Å²) in [7, 11) is 1.54. The molecule has 0 spiro atoms. The average molecular weight is 461 g/mol. The molecular weight excluding hydrogens is 441 g/mol. The first-order valence-corrected chi connectivity index (χ1v) is 9.81. The number of anilines is 1. The van der Waals surface area contributed by atoms with Crippen molar-refractivity contribution in [2.24, 2.45) is 0 Å². The van der Waals surface area contributed by atoms with Crippen LogP contribution in [0.15, 0.2) is 42.5 Å². The molecule has 150 valence electrons. The van der Waals surface area contributed by atoms with Crippen LogP contribution >= 0.6 is 47.0 Å². The lowest BCUT2D eigenvalue weighted by Gasteiger charge is -2.28. The quantitative estimate of drug-likeness (QED) is 0.342. The second kappa shape index (κ2) is 9.65. The Morgan fingerprint density at radius 1 is 1.04 bits per heavy atom. The first-order chi connectivity index (χ1) is 13.1. The van der Waals surface area contributed by atoms with Gasteiger partial charge in [-0.05, 0) is 73.6 Å². The van der Waals surface area contributed by atoms with Crippen LogP contribution in [-0.4, -0.2) is 28.1 Å². The number of aryl methyl sites for hydroxylation is 2. The Balaban J connectivity index is 2.07. The molecule has 0 bridgehead atoms. The molecule has 2 rings (SSSR count). The summed E-state index contributed by atoms with van der Waals surface area (Å²) in [6, 6.07) is 12.3. The highest BCUT2D eigenvalue weighted by atomic mass is 35.6. The van der Waals surface area contributed by atoms with E-state index in [0.717, 1.165) is 16.8 Å². The first-order valence-electron chi connectivity index (χ1n) is 8.26. The zero-order valence-corrected chi connectivity index (χ0v) is 18.6. The van der Waals surface area contributed by atoms with Crippen LogP contribution in [0.2, 0.25) is 0 Å². The maximum atomic E-state index is 12.5. The minimum atomic E-state index is -1.84. The third-order valence-corrected chi connectivity index (χ3v) is 4.87. The zero-order chi connectivity index (χ0) is 20.9. The van der Waals surface area contributed by atoms with Crippen LogP contribution < -0.4 is 20.7 Å². The van der Waals surface area contributed by atoms with E-state index in [1.54, 1.807) is 31.4 Å². The van der Waals surface area contributed by atoms with Gasteiger partial charge in [-0.1, -0.05) is 40.9 Å². The number of hydrogen-bond acceptors (Lipinski definition) is 3. The number of alkyl halides is 3. The molecule has 0 aromatic heterocycles. The molecule has 9 heteroatoms. The van der Waals surface area contributed by atoms with Crippen molar-refractivity contribution in [2.45, 2.75) is 23.8 Å². The molecule has 2 aromatic carbocycles. The molecule has 0 saturated heterocycles. The van der Waals surface area contributed by atoms with E-state index in [1.807, 2.05) is 32.0 Å². The number of nitrogens with one attached hydrogen (secondary N) is 3. The highest BCUT2D eigenvalue weighted by Crippen LogP contribution is 2.29. The van der Waals surface area contributed by atoms with Gasteiger partial charge in [0.2, 0.25) is 3.79 Å². The molecule has 0 heterocycles. The van der Waals surface area contributed by atoms with Crippen molar-refractivity contribution in [3.05, 3.63) is 59.2 Å². The Hall–Kier alpha value is -1.73. The maximum Gasteiger partial charge on any atom is 0.252 e. The monoisotopic (exact) mass is 459 g/mol. The summed E-state index contributed by atoms with van der Waals surface area (Å²) in [6.45, 7) is 4.01.